The van der Waals surface area contributed by atoms with Gasteiger partial charge in [-0.2, -0.15) is 0 Å². The zero-order valence-corrected chi connectivity index (χ0v) is 12.3. The van der Waals surface area contributed by atoms with Gasteiger partial charge in [0.2, 0.25) is 5.91 Å². The maximum Gasteiger partial charge on any atom is 0.233 e. The molecule has 6 heteroatoms. The van der Waals surface area contributed by atoms with Gasteiger partial charge < -0.3 is 9.64 Å². The van der Waals surface area contributed by atoms with Crippen molar-refractivity contribution in [2.45, 2.75) is 37.9 Å². The van der Waals surface area contributed by atoms with Crippen molar-refractivity contribution < 1.29 is 9.53 Å². The Morgan fingerprint density at radius 1 is 1.42 bits per heavy atom. The van der Waals surface area contributed by atoms with E-state index in [4.69, 9.17) is 4.74 Å². The minimum absolute atomic E-state index is 0.143. The van der Waals surface area contributed by atoms with E-state index >= 15 is 0 Å². The number of aromatic nitrogens is 2. The van der Waals surface area contributed by atoms with E-state index in [-0.39, 0.29) is 18.0 Å². The molecule has 1 saturated heterocycles. The monoisotopic (exact) mass is 281 g/mol. The molecule has 0 spiro atoms. The summed E-state index contributed by atoms with van der Waals surface area (Å²) in [6, 6.07) is 2.18. The number of carbonyl (C=O) groups is 1. The van der Waals surface area contributed by atoms with Crippen LogP contribution in [0.4, 0.5) is 0 Å². The highest BCUT2D eigenvalue weighted by Crippen LogP contribution is 2.19. The van der Waals surface area contributed by atoms with Crippen molar-refractivity contribution in [1.29, 1.82) is 0 Å². The predicted octanol–water partition coefficient (Wildman–Crippen LogP) is 1.51. The molecule has 5 nitrogen and oxygen atoms in total. The van der Waals surface area contributed by atoms with E-state index in [1.54, 1.807) is 0 Å². The summed E-state index contributed by atoms with van der Waals surface area (Å²) in [6.45, 7) is 7.19. The summed E-state index contributed by atoms with van der Waals surface area (Å²) in [5.41, 5.74) is 0.915. The molecule has 0 N–H and O–H groups in total. The molecule has 0 unspecified atom stereocenters. The van der Waals surface area contributed by atoms with Gasteiger partial charge in [-0.05, 0) is 26.8 Å². The maximum absolute atomic E-state index is 12.3. The third-order valence-corrected chi connectivity index (χ3v) is 3.99. The SMILES string of the molecule is Cc1cc(SCC(=O)N2[C@H](C)COC[C@H]2C)ncn1. The molecule has 1 aromatic rings. The topological polar surface area (TPSA) is 55.3 Å². The first-order chi connectivity index (χ1) is 9.08. The summed E-state index contributed by atoms with van der Waals surface area (Å²) in [5.74, 6) is 0.551. The van der Waals surface area contributed by atoms with Crippen LogP contribution in [-0.2, 0) is 9.53 Å². The Morgan fingerprint density at radius 3 is 2.74 bits per heavy atom. The van der Waals surface area contributed by atoms with Crippen molar-refractivity contribution in [3.8, 4) is 0 Å². The lowest BCUT2D eigenvalue weighted by Crippen LogP contribution is -2.53. The lowest BCUT2D eigenvalue weighted by atomic mass is 10.2. The fourth-order valence-electron chi connectivity index (χ4n) is 2.22. The molecule has 2 heterocycles. The highest BCUT2D eigenvalue weighted by atomic mass is 32.2. The molecule has 0 aliphatic carbocycles. The molecule has 2 rings (SSSR count). The summed E-state index contributed by atoms with van der Waals surface area (Å²) in [4.78, 5) is 22.4. The third-order valence-electron chi connectivity index (χ3n) is 3.08. The third kappa shape index (κ3) is 3.67. The highest BCUT2D eigenvalue weighted by Gasteiger charge is 2.29. The van der Waals surface area contributed by atoms with Gasteiger partial charge in [-0.25, -0.2) is 9.97 Å². The van der Waals surface area contributed by atoms with Gasteiger partial charge >= 0.3 is 0 Å². The minimum atomic E-state index is 0.143. The van der Waals surface area contributed by atoms with Crippen LogP contribution in [0.2, 0.25) is 0 Å². The van der Waals surface area contributed by atoms with Crippen molar-refractivity contribution in [2.24, 2.45) is 0 Å². The molecule has 19 heavy (non-hydrogen) atoms. The molecule has 2 atom stereocenters. The van der Waals surface area contributed by atoms with E-state index in [0.29, 0.717) is 19.0 Å². The Kier molecular flexibility index (Phi) is 4.76. The summed E-state index contributed by atoms with van der Waals surface area (Å²) < 4.78 is 5.43. The standard InChI is InChI=1S/C13H19N3O2S/c1-9-4-12(15-8-14-9)19-7-13(17)16-10(2)5-18-6-11(16)3/h4,8,10-11H,5-7H2,1-3H3/t10-,11-/m1/s1. The van der Waals surface area contributed by atoms with Crippen LogP contribution in [0.1, 0.15) is 19.5 Å². The fourth-order valence-corrected chi connectivity index (χ4v) is 3.01. The molecule has 1 aromatic heterocycles. The van der Waals surface area contributed by atoms with Gasteiger partial charge in [0.05, 0.1) is 31.1 Å². The van der Waals surface area contributed by atoms with Gasteiger partial charge in [-0.1, -0.05) is 11.8 Å². The van der Waals surface area contributed by atoms with Crippen LogP contribution in [0.5, 0.6) is 0 Å². The fraction of sp³-hybridized carbons (Fsp3) is 0.615. The lowest BCUT2D eigenvalue weighted by molar-refractivity contribution is -0.141. The van der Waals surface area contributed by atoms with E-state index in [2.05, 4.69) is 9.97 Å². The number of aryl methyl sites for hydroxylation is 1. The molecule has 0 saturated carbocycles. The van der Waals surface area contributed by atoms with E-state index in [1.165, 1.54) is 18.1 Å². The van der Waals surface area contributed by atoms with Gasteiger partial charge in [-0.15, -0.1) is 0 Å². The minimum Gasteiger partial charge on any atom is -0.377 e. The van der Waals surface area contributed by atoms with Gasteiger partial charge in [-0.3, -0.25) is 4.79 Å². The van der Waals surface area contributed by atoms with Gasteiger partial charge in [0.1, 0.15) is 11.4 Å². The molecule has 1 aliphatic heterocycles. The Hall–Kier alpha value is -1.14. The summed E-state index contributed by atoms with van der Waals surface area (Å²) in [7, 11) is 0. The van der Waals surface area contributed by atoms with Crippen molar-refractivity contribution in [2.75, 3.05) is 19.0 Å². The van der Waals surface area contributed by atoms with Gasteiger partial charge in [0.15, 0.2) is 0 Å². The first kappa shape index (κ1) is 14.3. The zero-order chi connectivity index (χ0) is 13.8. The van der Waals surface area contributed by atoms with Crippen molar-refractivity contribution in [3.63, 3.8) is 0 Å². The largest absolute Gasteiger partial charge is 0.377 e. The van der Waals surface area contributed by atoms with Crippen LogP contribution in [0.25, 0.3) is 0 Å². The van der Waals surface area contributed by atoms with Crippen molar-refractivity contribution in [3.05, 3.63) is 18.1 Å². The van der Waals surface area contributed by atoms with Gasteiger partial charge in [0.25, 0.3) is 0 Å². The molecule has 1 amide bonds. The number of hydrogen-bond donors (Lipinski definition) is 0. The van der Waals surface area contributed by atoms with Crippen LogP contribution in [-0.4, -0.2) is 51.8 Å². The number of morpholine rings is 1. The number of ether oxygens (including phenoxy) is 1. The second kappa shape index (κ2) is 6.34. The summed E-state index contributed by atoms with van der Waals surface area (Å²) >= 11 is 1.46. The first-order valence-electron chi connectivity index (χ1n) is 6.38. The zero-order valence-electron chi connectivity index (χ0n) is 11.5. The maximum atomic E-state index is 12.3. The number of carbonyl (C=O) groups excluding carboxylic acids is 1. The predicted molar refractivity (Wildman–Crippen MR) is 74.1 cm³/mol. The molecular formula is C13H19N3O2S. The number of nitrogens with zero attached hydrogens (tertiary/aromatic N) is 3. The number of thioether (sulfide) groups is 1. The van der Waals surface area contributed by atoms with Crippen molar-refractivity contribution in [1.82, 2.24) is 14.9 Å². The van der Waals surface area contributed by atoms with Crippen LogP contribution in [0, 0.1) is 6.92 Å². The normalized spacial score (nSPS) is 23.4. The Bertz CT molecular complexity index is 445. The average molecular weight is 281 g/mol. The Balaban J connectivity index is 1.93. The molecule has 104 valence electrons. The molecule has 0 bridgehead atoms. The first-order valence-corrected chi connectivity index (χ1v) is 7.37. The van der Waals surface area contributed by atoms with Crippen LogP contribution in [0.3, 0.4) is 0 Å². The second-order valence-electron chi connectivity index (χ2n) is 4.82. The lowest BCUT2D eigenvalue weighted by Gasteiger charge is -2.38. The molecular weight excluding hydrogens is 262 g/mol. The van der Waals surface area contributed by atoms with Crippen LogP contribution < -0.4 is 0 Å². The number of amides is 1. The Labute approximate surface area is 117 Å². The molecule has 1 fully saturated rings. The summed E-state index contributed by atoms with van der Waals surface area (Å²) in [5, 5.41) is 0.842. The van der Waals surface area contributed by atoms with E-state index < -0.39 is 0 Å². The highest BCUT2D eigenvalue weighted by molar-refractivity contribution is 7.99. The van der Waals surface area contributed by atoms with E-state index in [0.717, 1.165) is 10.7 Å². The van der Waals surface area contributed by atoms with Crippen LogP contribution in [0.15, 0.2) is 17.4 Å². The number of rotatable bonds is 3. The average Bonchev–Trinajstić information content (AvgIpc) is 2.36. The smallest absolute Gasteiger partial charge is 0.233 e. The second-order valence-corrected chi connectivity index (χ2v) is 5.82. The Morgan fingerprint density at radius 2 is 2.11 bits per heavy atom. The van der Waals surface area contributed by atoms with Gasteiger partial charge in [0, 0.05) is 5.69 Å². The van der Waals surface area contributed by atoms with E-state index in [1.807, 2.05) is 31.7 Å². The molecule has 1 aliphatic rings. The number of hydrogen-bond acceptors (Lipinski definition) is 5. The van der Waals surface area contributed by atoms with E-state index in [9.17, 15) is 4.79 Å². The summed E-state index contributed by atoms with van der Waals surface area (Å²) in [6.07, 6.45) is 1.53. The van der Waals surface area contributed by atoms with Crippen LogP contribution >= 0.6 is 11.8 Å². The molecule has 0 aromatic carbocycles. The quantitative estimate of drug-likeness (QED) is 0.621. The van der Waals surface area contributed by atoms with Crippen molar-refractivity contribution >= 4 is 17.7 Å². The molecule has 0 radical (unpaired) electrons.